The molecule has 0 N–H and O–H groups in total. The molecule has 232 valence electrons. The molecular weight excluding hydrogens is 913 g/mol. The van der Waals surface area contributed by atoms with Gasteiger partial charge in [0.25, 0.3) is 2.40 Å². The molecule has 0 aliphatic heterocycles. The predicted octanol–water partition coefficient (Wildman–Crippen LogP) is 13.6. The summed E-state index contributed by atoms with van der Waals surface area (Å²) in [7, 11) is 0.262. The third kappa shape index (κ3) is 16.7. The smallest absolute Gasteiger partial charge is 0.272 e. The quantitative estimate of drug-likeness (QED) is 0.117. The standard InChI is InChI=1S/C11H9BrClF.C10H9ClO.C9H21P.CBr3F.Zn/c12-10(14)7-11(5-6-11)8-1-3-9(13)4-2-8;11-9-3-1-8(2-4-9)10(7-12)5-6-10;1-7(2)10(8(3)4)9(5)6;2-1(3,4)5;/h1-4,7H,5-6H2;1-4,7H,5-6H2;7-9H,1-6H3;;. The van der Waals surface area contributed by atoms with Crippen LogP contribution < -0.4 is 0 Å². The van der Waals surface area contributed by atoms with Crippen molar-refractivity contribution in [3.05, 3.63) is 80.5 Å². The largest absolute Gasteiger partial charge is 0.302 e. The Morgan fingerprint density at radius 3 is 1.26 bits per heavy atom. The minimum atomic E-state index is -1.56. The Morgan fingerprint density at radius 2 is 1.07 bits per heavy atom. The van der Waals surface area contributed by atoms with Gasteiger partial charge in [-0.3, -0.25) is 0 Å². The Morgan fingerprint density at radius 1 is 0.786 bits per heavy atom. The number of halogens is 8. The van der Waals surface area contributed by atoms with Crippen molar-refractivity contribution in [3.8, 4) is 0 Å². The SMILES string of the molecule is CC(C)P(C(C)C)C(C)C.FC(Br)(Br)Br.FC(Br)=CC1(c2ccc(Cl)cc2)CC1.O=CC1(c2ccc(Cl)cc2)CC1.[Zn]. The van der Waals surface area contributed by atoms with Crippen LogP contribution in [-0.2, 0) is 35.1 Å². The number of rotatable bonds is 7. The van der Waals surface area contributed by atoms with Gasteiger partial charge in [0, 0.05) is 34.9 Å². The second-order valence-corrected chi connectivity index (χ2v) is 23.1. The van der Waals surface area contributed by atoms with Crippen LogP contribution in [0.2, 0.25) is 10.0 Å². The maximum atomic E-state index is 12.8. The van der Waals surface area contributed by atoms with E-state index in [2.05, 4.69) is 105 Å². The third-order valence-corrected chi connectivity index (χ3v) is 11.1. The molecule has 0 saturated heterocycles. The van der Waals surface area contributed by atoms with Crippen molar-refractivity contribution in [2.45, 2.75) is 97.4 Å². The molecule has 0 heterocycles. The van der Waals surface area contributed by atoms with Crippen LogP contribution in [0.3, 0.4) is 0 Å². The molecule has 42 heavy (non-hydrogen) atoms. The van der Waals surface area contributed by atoms with Crippen LogP contribution >= 0.6 is 94.8 Å². The number of benzene rings is 2. The average molecular weight is 953 g/mol. The van der Waals surface area contributed by atoms with E-state index in [0.29, 0.717) is 5.02 Å². The molecule has 11 heteroatoms. The minimum Gasteiger partial charge on any atom is -0.302 e. The van der Waals surface area contributed by atoms with Crippen molar-refractivity contribution in [2.24, 2.45) is 0 Å². The number of carbonyl (C=O) groups is 1. The van der Waals surface area contributed by atoms with Crippen molar-refractivity contribution >= 4 is 101 Å². The fourth-order valence-corrected chi connectivity index (χ4v) is 9.09. The Balaban J connectivity index is 0.000000557. The molecular formula is C31H39Br4Cl2F2OPZn. The van der Waals surface area contributed by atoms with Crippen LogP contribution in [0.1, 0.15) is 78.4 Å². The van der Waals surface area contributed by atoms with Crippen LogP contribution in [0, 0.1) is 0 Å². The number of carbonyl (C=O) groups excluding carboxylic acids is 1. The van der Waals surface area contributed by atoms with E-state index in [1.807, 2.05) is 48.5 Å². The molecule has 4 rings (SSSR count). The Hall–Kier alpha value is 1.26. The van der Waals surface area contributed by atoms with Gasteiger partial charge >= 0.3 is 0 Å². The summed E-state index contributed by atoms with van der Waals surface area (Å²) in [6, 6.07) is 15.1. The summed E-state index contributed by atoms with van der Waals surface area (Å²) in [4.78, 5) is 10.7. The van der Waals surface area contributed by atoms with Gasteiger partial charge < -0.3 is 4.79 Å². The molecule has 0 bridgehead atoms. The van der Waals surface area contributed by atoms with E-state index in [1.165, 1.54) is 0 Å². The second kappa shape index (κ2) is 19.8. The summed E-state index contributed by atoms with van der Waals surface area (Å²) in [6.45, 7) is 14.1. The molecule has 0 amide bonds. The van der Waals surface area contributed by atoms with Crippen molar-refractivity contribution in [3.63, 3.8) is 0 Å². The molecule has 2 aliphatic carbocycles. The average Bonchev–Trinajstić information content (AvgIpc) is 3.75. The van der Waals surface area contributed by atoms with E-state index in [9.17, 15) is 13.6 Å². The molecule has 0 unspecified atom stereocenters. The van der Waals surface area contributed by atoms with Crippen molar-refractivity contribution in [2.75, 3.05) is 0 Å². The van der Waals surface area contributed by atoms with E-state index >= 15 is 0 Å². The molecule has 0 spiro atoms. The minimum absolute atomic E-state index is 0. The molecule has 2 aromatic rings. The first-order valence-electron chi connectivity index (χ1n) is 13.4. The Labute approximate surface area is 309 Å². The van der Waals surface area contributed by atoms with Gasteiger partial charge in [0.2, 0.25) is 0 Å². The summed E-state index contributed by atoms with van der Waals surface area (Å²) >= 11 is 22.0. The normalized spacial score (nSPS) is 16.3. The Bertz CT molecular complexity index is 1070. The van der Waals surface area contributed by atoms with Gasteiger partial charge in [0.1, 0.15) is 6.29 Å². The van der Waals surface area contributed by atoms with Gasteiger partial charge in [-0.25, -0.2) is 4.39 Å². The monoisotopic (exact) mass is 946 g/mol. The first kappa shape index (κ1) is 43.3. The molecule has 2 fully saturated rings. The van der Waals surface area contributed by atoms with Crippen LogP contribution in [0.4, 0.5) is 8.78 Å². The molecule has 2 aliphatic rings. The van der Waals surface area contributed by atoms with Crippen LogP contribution in [0.5, 0.6) is 0 Å². The molecule has 2 saturated carbocycles. The van der Waals surface area contributed by atoms with Gasteiger partial charge in [0.05, 0.1) is 5.41 Å². The van der Waals surface area contributed by atoms with Crippen molar-refractivity contribution in [1.29, 1.82) is 0 Å². The van der Waals surface area contributed by atoms with Gasteiger partial charge in [-0.1, -0.05) is 96.9 Å². The van der Waals surface area contributed by atoms with Gasteiger partial charge in [-0.05, 0) is 148 Å². The Kier molecular flexibility index (Phi) is 20.4. The fraction of sp³-hybridized carbons (Fsp3) is 0.516. The van der Waals surface area contributed by atoms with E-state index in [-0.39, 0.29) is 43.0 Å². The van der Waals surface area contributed by atoms with E-state index in [1.54, 1.807) is 6.08 Å². The topological polar surface area (TPSA) is 17.1 Å². The first-order valence-corrected chi connectivity index (χ1v) is 18.9. The van der Waals surface area contributed by atoms with E-state index in [0.717, 1.165) is 65.1 Å². The zero-order valence-corrected chi connectivity index (χ0v) is 36.6. The summed E-state index contributed by atoms with van der Waals surface area (Å²) in [5.41, 5.74) is 4.68. The molecule has 0 atom stereocenters. The molecule has 2 aromatic carbocycles. The van der Waals surface area contributed by atoms with E-state index < -0.39 is 2.40 Å². The molecule has 1 nitrogen and oxygen atoms in total. The second-order valence-electron chi connectivity index (χ2n) is 11.0. The number of aldehydes is 1. The van der Waals surface area contributed by atoms with Crippen LogP contribution in [0.25, 0.3) is 0 Å². The zero-order chi connectivity index (χ0) is 31.6. The van der Waals surface area contributed by atoms with E-state index in [4.69, 9.17) is 23.2 Å². The van der Waals surface area contributed by atoms with Gasteiger partial charge in [-0.2, -0.15) is 4.39 Å². The predicted molar refractivity (Wildman–Crippen MR) is 192 cm³/mol. The number of allylic oxidation sites excluding steroid dienone is 1. The third-order valence-electron chi connectivity index (χ3n) is 6.82. The first-order chi connectivity index (χ1) is 18.9. The fourth-order valence-electron chi connectivity index (χ4n) is 4.82. The van der Waals surface area contributed by atoms with Crippen molar-refractivity contribution in [1.82, 2.24) is 0 Å². The maximum Gasteiger partial charge on any atom is 0.272 e. The van der Waals surface area contributed by atoms with Crippen LogP contribution in [-0.4, -0.2) is 25.7 Å². The van der Waals surface area contributed by atoms with Gasteiger partial charge in [0.15, 0.2) is 4.74 Å². The molecule has 0 aromatic heterocycles. The maximum absolute atomic E-state index is 12.8. The number of alkyl halides is 4. The summed E-state index contributed by atoms with van der Waals surface area (Å²) < 4.78 is 22.3. The molecule has 0 radical (unpaired) electrons. The summed E-state index contributed by atoms with van der Waals surface area (Å²) in [5, 5.41) is 1.44. The number of hydrogen-bond donors (Lipinski definition) is 0. The summed E-state index contributed by atoms with van der Waals surface area (Å²) in [5.74, 6) is 0. The zero-order valence-electron chi connectivity index (χ0n) is 24.9. The van der Waals surface area contributed by atoms with Crippen molar-refractivity contribution < 1.29 is 33.1 Å². The number of hydrogen-bond acceptors (Lipinski definition) is 1. The summed E-state index contributed by atoms with van der Waals surface area (Å²) in [6.07, 6.45) is 6.67. The van der Waals surface area contributed by atoms with Crippen LogP contribution in [0.15, 0.2) is 59.3 Å². The van der Waals surface area contributed by atoms with Gasteiger partial charge in [-0.15, -0.1) is 0 Å².